The molecule has 0 fully saturated rings. The summed E-state index contributed by atoms with van der Waals surface area (Å²) in [6.45, 7) is 11.8. The third-order valence-electron chi connectivity index (χ3n) is 3.72. The van der Waals surface area contributed by atoms with Gasteiger partial charge in [0.25, 0.3) is 0 Å². The molecule has 0 nitrogen and oxygen atoms in total. The van der Waals surface area contributed by atoms with Gasteiger partial charge in [-0.15, -0.1) is 0 Å². The van der Waals surface area contributed by atoms with Gasteiger partial charge < -0.3 is 0 Å². The van der Waals surface area contributed by atoms with Gasteiger partial charge >= 0.3 is 0 Å². The molecule has 1 atom stereocenters. The van der Waals surface area contributed by atoms with E-state index < -0.39 is 0 Å². The molecule has 0 N–H and O–H groups in total. The van der Waals surface area contributed by atoms with Crippen molar-refractivity contribution in [3.63, 3.8) is 0 Å². The summed E-state index contributed by atoms with van der Waals surface area (Å²) in [5.74, 6) is 0.744. The average molecular weight is 202 g/mol. The van der Waals surface area contributed by atoms with E-state index in [1.165, 1.54) is 6.42 Å². The van der Waals surface area contributed by atoms with Crippen molar-refractivity contribution in [1.29, 1.82) is 0 Å². The number of fused-ring (bicyclic) bond motifs is 1. The van der Waals surface area contributed by atoms with Crippen LogP contribution in [0.15, 0.2) is 24.3 Å². The zero-order valence-corrected chi connectivity index (χ0v) is 10.6. The first-order valence-corrected chi connectivity index (χ1v) is 5.92. The maximum atomic E-state index is 2.38. The molecular formula is C15H22. The van der Waals surface area contributed by atoms with Crippen molar-refractivity contribution in [2.24, 2.45) is 5.41 Å². The molecule has 0 heteroatoms. The van der Waals surface area contributed by atoms with E-state index in [9.17, 15) is 0 Å². The Bertz CT molecular complexity index is 366. The Kier molecular flexibility index (Phi) is 2.22. The monoisotopic (exact) mass is 202 g/mol. The van der Waals surface area contributed by atoms with E-state index in [-0.39, 0.29) is 0 Å². The summed E-state index contributed by atoms with van der Waals surface area (Å²) in [6, 6.07) is 8.92. The van der Waals surface area contributed by atoms with Crippen LogP contribution < -0.4 is 0 Å². The van der Waals surface area contributed by atoms with E-state index >= 15 is 0 Å². The minimum Gasteiger partial charge on any atom is -0.0620 e. The normalized spacial score (nSPS) is 23.1. The van der Waals surface area contributed by atoms with Gasteiger partial charge in [-0.1, -0.05) is 58.9 Å². The highest BCUT2D eigenvalue weighted by Crippen LogP contribution is 2.55. The number of hydrogen-bond donors (Lipinski definition) is 0. The highest BCUT2D eigenvalue weighted by Gasteiger charge is 2.45. The molecule has 0 amide bonds. The first kappa shape index (κ1) is 10.7. The molecule has 0 aromatic heterocycles. The number of hydrogen-bond acceptors (Lipinski definition) is 0. The van der Waals surface area contributed by atoms with Crippen LogP contribution >= 0.6 is 0 Å². The van der Waals surface area contributed by atoms with E-state index in [2.05, 4.69) is 58.9 Å². The molecule has 0 radical (unpaired) electrons. The fourth-order valence-corrected chi connectivity index (χ4v) is 2.86. The summed E-state index contributed by atoms with van der Waals surface area (Å²) >= 11 is 0. The van der Waals surface area contributed by atoms with Gasteiger partial charge in [-0.2, -0.15) is 0 Å². The van der Waals surface area contributed by atoms with Crippen LogP contribution in [0.4, 0.5) is 0 Å². The lowest BCUT2D eigenvalue weighted by atomic mass is 9.55. The maximum absolute atomic E-state index is 2.38. The molecule has 0 saturated carbocycles. The summed E-state index contributed by atoms with van der Waals surface area (Å²) in [5.41, 5.74) is 3.94. The topological polar surface area (TPSA) is 0 Å². The maximum Gasteiger partial charge on any atom is -0.00318 e. The third kappa shape index (κ3) is 1.71. The second-order valence-corrected chi connectivity index (χ2v) is 6.63. The molecule has 1 aliphatic carbocycles. The first-order chi connectivity index (χ1) is 6.82. The number of benzene rings is 1. The largest absolute Gasteiger partial charge is 0.0620 e. The van der Waals surface area contributed by atoms with Crippen LogP contribution in [-0.4, -0.2) is 0 Å². The van der Waals surface area contributed by atoms with E-state index in [1.807, 2.05) is 0 Å². The quantitative estimate of drug-likeness (QED) is 0.629. The van der Waals surface area contributed by atoms with Gasteiger partial charge in [-0.25, -0.2) is 0 Å². The lowest BCUT2D eigenvalue weighted by Gasteiger charge is -2.49. The fourth-order valence-electron chi connectivity index (χ4n) is 2.86. The van der Waals surface area contributed by atoms with E-state index in [0.717, 1.165) is 5.92 Å². The van der Waals surface area contributed by atoms with E-state index in [0.29, 0.717) is 10.8 Å². The molecule has 0 spiro atoms. The van der Waals surface area contributed by atoms with Gasteiger partial charge in [0.1, 0.15) is 0 Å². The predicted octanol–water partition coefficient (Wildman–Crippen LogP) is 4.50. The lowest BCUT2D eigenvalue weighted by molar-refractivity contribution is 0.240. The minimum absolute atomic E-state index is 0.379. The second kappa shape index (κ2) is 3.10. The van der Waals surface area contributed by atoms with Crippen LogP contribution in [-0.2, 0) is 5.41 Å². The molecule has 0 saturated heterocycles. The van der Waals surface area contributed by atoms with E-state index in [1.54, 1.807) is 11.1 Å². The Morgan fingerprint density at radius 3 is 2.33 bits per heavy atom. The summed E-state index contributed by atoms with van der Waals surface area (Å²) < 4.78 is 0. The van der Waals surface area contributed by atoms with Gasteiger partial charge in [0.15, 0.2) is 0 Å². The van der Waals surface area contributed by atoms with Gasteiger partial charge in [0.2, 0.25) is 0 Å². The van der Waals surface area contributed by atoms with Gasteiger partial charge in [0, 0.05) is 0 Å². The molecule has 0 aliphatic heterocycles. The van der Waals surface area contributed by atoms with Crippen molar-refractivity contribution < 1.29 is 0 Å². The van der Waals surface area contributed by atoms with Crippen LogP contribution in [0.3, 0.4) is 0 Å². The minimum atomic E-state index is 0.379. The fraction of sp³-hybridized carbons (Fsp3) is 0.600. The molecular weight excluding hydrogens is 180 g/mol. The van der Waals surface area contributed by atoms with Crippen molar-refractivity contribution in [1.82, 2.24) is 0 Å². The molecule has 1 aromatic carbocycles. The summed E-state index contributed by atoms with van der Waals surface area (Å²) in [5, 5.41) is 0. The molecule has 1 aliphatic rings. The summed E-state index contributed by atoms with van der Waals surface area (Å²) in [4.78, 5) is 0. The van der Waals surface area contributed by atoms with Crippen LogP contribution in [0, 0.1) is 5.41 Å². The van der Waals surface area contributed by atoms with Crippen LogP contribution in [0.1, 0.15) is 58.1 Å². The van der Waals surface area contributed by atoms with Crippen LogP contribution in [0.2, 0.25) is 0 Å². The Balaban J connectivity index is 2.31. The molecule has 1 aromatic rings. The van der Waals surface area contributed by atoms with Gasteiger partial charge in [0.05, 0.1) is 0 Å². The summed E-state index contributed by atoms with van der Waals surface area (Å²) in [7, 11) is 0. The van der Waals surface area contributed by atoms with Crippen LogP contribution in [0.25, 0.3) is 0 Å². The zero-order valence-electron chi connectivity index (χ0n) is 10.6. The molecule has 82 valence electrons. The van der Waals surface area contributed by atoms with Gasteiger partial charge in [-0.05, 0) is 34.3 Å². The van der Waals surface area contributed by atoms with Crippen molar-refractivity contribution >= 4 is 0 Å². The molecule has 0 heterocycles. The molecule has 1 unspecified atom stereocenters. The zero-order chi connectivity index (χ0) is 11.3. The van der Waals surface area contributed by atoms with Crippen molar-refractivity contribution in [2.75, 3.05) is 0 Å². The van der Waals surface area contributed by atoms with Gasteiger partial charge in [-0.3, -0.25) is 0 Å². The SMILES string of the molecule is CC(C)(C)CC1c2ccccc2C1(C)C. The Morgan fingerprint density at radius 2 is 1.73 bits per heavy atom. The lowest BCUT2D eigenvalue weighted by Crippen LogP contribution is -2.40. The smallest absolute Gasteiger partial charge is 0.00318 e. The molecule has 0 bridgehead atoms. The summed E-state index contributed by atoms with van der Waals surface area (Å²) in [6.07, 6.45) is 1.29. The second-order valence-electron chi connectivity index (χ2n) is 6.63. The van der Waals surface area contributed by atoms with Crippen molar-refractivity contribution in [2.45, 2.75) is 52.4 Å². The Labute approximate surface area is 93.7 Å². The highest BCUT2D eigenvalue weighted by molar-refractivity contribution is 5.48. The standard InChI is InChI=1S/C15H22/c1-14(2,3)10-13-11-8-6-7-9-12(11)15(13,4)5/h6-9,13H,10H2,1-5H3. The first-order valence-electron chi connectivity index (χ1n) is 5.92. The highest BCUT2D eigenvalue weighted by atomic mass is 14.5. The average Bonchev–Trinajstić information content (AvgIpc) is 2.13. The third-order valence-corrected chi connectivity index (χ3v) is 3.72. The predicted molar refractivity (Wildman–Crippen MR) is 66.3 cm³/mol. The van der Waals surface area contributed by atoms with E-state index in [4.69, 9.17) is 0 Å². The van der Waals surface area contributed by atoms with Crippen molar-refractivity contribution in [3.8, 4) is 0 Å². The number of rotatable bonds is 1. The molecule has 2 rings (SSSR count). The molecule has 15 heavy (non-hydrogen) atoms. The Hall–Kier alpha value is -0.780. The van der Waals surface area contributed by atoms with Crippen LogP contribution in [0.5, 0.6) is 0 Å². The van der Waals surface area contributed by atoms with Crippen molar-refractivity contribution in [3.05, 3.63) is 35.4 Å². The Morgan fingerprint density at radius 1 is 1.13 bits per heavy atom.